The molecule has 0 bridgehead atoms. The van der Waals surface area contributed by atoms with Gasteiger partial charge in [0.2, 0.25) is 0 Å². The molecule has 1 aromatic carbocycles. The van der Waals surface area contributed by atoms with E-state index in [9.17, 15) is 0 Å². The van der Waals surface area contributed by atoms with Crippen LogP contribution in [0.5, 0.6) is 0 Å². The van der Waals surface area contributed by atoms with E-state index in [1.807, 2.05) is 42.7 Å². The number of hydrogen-bond acceptors (Lipinski definition) is 3. The van der Waals surface area contributed by atoms with Crippen LogP contribution in [0.3, 0.4) is 0 Å². The quantitative estimate of drug-likeness (QED) is 0.764. The zero-order chi connectivity index (χ0) is 11.4. The van der Waals surface area contributed by atoms with Gasteiger partial charge in [0.05, 0.1) is 0 Å². The van der Waals surface area contributed by atoms with Crippen molar-refractivity contribution in [2.75, 3.05) is 6.26 Å². The number of aromatic nitrogens is 1. The minimum atomic E-state index is -0.283. The van der Waals surface area contributed by atoms with Gasteiger partial charge in [-0.3, -0.25) is 0 Å². The largest absolute Gasteiger partial charge is 0.356 e. The van der Waals surface area contributed by atoms with Gasteiger partial charge in [0.1, 0.15) is 12.3 Å². The Balaban J connectivity index is 2.11. The van der Waals surface area contributed by atoms with Crippen LogP contribution in [-0.4, -0.2) is 17.3 Å². The van der Waals surface area contributed by atoms with Crippen LogP contribution in [0.1, 0.15) is 5.69 Å². The topological polar surface area (TPSA) is 35.3 Å². The standard InChI is InChI=1S/C12H13NO2S/c1-16(2)14-9-11-8-12(15-13-11)10-6-4-3-5-7-10/h3-8H,1,9H2,2H3. The maximum atomic E-state index is 5.37. The fourth-order valence-corrected chi connectivity index (χ4v) is 1.60. The third kappa shape index (κ3) is 2.81. The van der Waals surface area contributed by atoms with E-state index in [4.69, 9.17) is 8.71 Å². The van der Waals surface area contributed by atoms with E-state index < -0.39 is 0 Å². The van der Waals surface area contributed by atoms with Crippen molar-refractivity contribution in [2.24, 2.45) is 0 Å². The number of rotatable bonds is 4. The zero-order valence-corrected chi connectivity index (χ0v) is 9.87. The molecule has 1 unspecified atom stereocenters. The maximum Gasteiger partial charge on any atom is 0.167 e. The monoisotopic (exact) mass is 235 g/mol. The summed E-state index contributed by atoms with van der Waals surface area (Å²) in [4.78, 5) is 0. The third-order valence-electron chi connectivity index (χ3n) is 2.03. The molecule has 0 saturated carbocycles. The second kappa shape index (κ2) is 5.09. The summed E-state index contributed by atoms with van der Waals surface area (Å²) < 4.78 is 10.6. The van der Waals surface area contributed by atoms with E-state index in [1.54, 1.807) is 0 Å². The Kier molecular flexibility index (Phi) is 3.54. The second-order valence-electron chi connectivity index (χ2n) is 3.38. The average Bonchev–Trinajstić information content (AvgIpc) is 2.76. The van der Waals surface area contributed by atoms with Crippen molar-refractivity contribution in [3.8, 4) is 11.3 Å². The molecule has 16 heavy (non-hydrogen) atoms. The lowest BCUT2D eigenvalue weighted by Gasteiger charge is -1.97. The van der Waals surface area contributed by atoms with E-state index in [1.165, 1.54) is 0 Å². The first-order valence-electron chi connectivity index (χ1n) is 4.85. The van der Waals surface area contributed by atoms with E-state index in [-0.39, 0.29) is 10.8 Å². The van der Waals surface area contributed by atoms with Gasteiger partial charge in [-0.2, -0.15) is 0 Å². The molecule has 4 heteroatoms. The van der Waals surface area contributed by atoms with Crippen LogP contribution in [0.2, 0.25) is 0 Å². The summed E-state index contributed by atoms with van der Waals surface area (Å²) in [6, 6.07) is 11.8. The van der Waals surface area contributed by atoms with Gasteiger partial charge in [0, 0.05) is 17.9 Å². The summed E-state index contributed by atoms with van der Waals surface area (Å²) >= 11 is 0. The number of hydrogen-bond donors (Lipinski definition) is 0. The fraction of sp³-hybridized carbons (Fsp3) is 0.167. The molecule has 1 heterocycles. The summed E-state index contributed by atoms with van der Waals surface area (Å²) in [6.07, 6.45) is 1.91. The first kappa shape index (κ1) is 11.1. The molecule has 0 saturated heterocycles. The van der Waals surface area contributed by atoms with Crippen LogP contribution in [0.15, 0.2) is 40.9 Å². The molecule has 0 aliphatic heterocycles. The summed E-state index contributed by atoms with van der Waals surface area (Å²) in [7, 11) is -0.283. The van der Waals surface area contributed by atoms with Gasteiger partial charge in [0.15, 0.2) is 5.76 Å². The molecule has 1 atom stereocenters. The van der Waals surface area contributed by atoms with Crippen molar-refractivity contribution < 1.29 is 8.71 Å². The van der Waals surface area contributed by atoms with E-state index in [0.29, 0.717) is 6.61 Å². The van der Waals surface area contributed by atoms with E-state index in [0.717, 1.165) is 17.0 Å². The smallest absolute Gasteiger partial charge is 0.167 e. The fourth-order valence-electron chi connectivity index (χ4n) is 1.28. The lowest BCUT2D eigenvalue weighted by Crippen LogP contribution is -1.85. The minimum Gasteiger partial charge on any atom is -0.356 e. The molecule has 84 valence electrons. The lowest BCUT2D eigenvalue weighted by atomic mass is 10.2. The highest BCUT2D eigenvalue weighted by Crippen LogP contribution is 2.20. The van der Waals surface area contributed by atoms with Gasteiger partial charge in [-0.05, 0) is 0 Å². The molecule has 0 radical (unpaired) electrons. The summed E-state index contributed by atoms with van der Waals surface area (Å²) in [5, 5.41) is 3.94. The minimum absolute atomic E-state index is 0.283. The molecule has 2 aromatic rings. The predicted molar refractivity (Wildman–Crippen MR) is 67.4 cm³/mol. The van der Waals surface area contributed by atoms with Gasteiger partial charge >= 0.3 is 0 Å². The summed E-state index contributed by atoms with van der Waals surface area (Å²) in [6.45, 7) is 0.444. The molecule has 3 nitrogen and oxygen atoms in total. The molecule has 0 aliphatic rings. The first-order valence-corrected chi connectivity index (χ1v) is 6.58. The van der Waals surface area contributed by atoms with Crippen LogP contribution in [0, 0.1) is 0 Å². The maximum absolute atomic E-state index is 5.37. The van der Waals surface area contributed by atoms with Gasteiger partial charge in [-0.1, -0.05) is 52.1 Å². The number of benzene rings is 1. The highest BCUT2D eigenvalue weighted by atomic mass is 32.2. The molecule has 0 fully saturated rings. The molecule has 0 N–H and O–H groups in total. The van der Waals surface area contributed by atoms with Crippen LogP contribution >= 0.6 is 10.8 Å². The second-order valence-corrected chi connectivity index (χ2v) is 4.77. The molecular weight excluding hydrogens is 222 g/mol. The van der Waals surface area contributed by atoms with Gasteiger partial charge in [-0.25, -0.2) is 0 Å². The van der Waals surface area contributed by atoms with E-state index in [2.05, 4.69) is 11.0 Å². The Hall–Kier alpha value is -1.39. The van der Waals surface area contributed by atoms with Crippen LogP contribution in [0.4, 0.5) is 0 Å². The van der Waals surface area contributed by atoms with Gasteiger partial charge < -0.3 is 8.71 Å². The molecule has 2 rings (SSSR count). The lowest BCUT2D eigenvalue weighted by molar-refractivity contribution is 0.336. The van der Waals surface area contributed by atoms with Crippen molar-refractivity contribution in [1.82, 2.24) is 5.16 Å². The van der Waals surface area contributed by atoms with Crippen molar-refractivity contribution in [2.45, 2.75) is 6.61 Å². The molecule has 0 spiro atoms. The number of nitrogens with zero attached hydrogens (tertiary/aromatic N) is 1. The Labute approximate surface area is 97.2 Å². The highest BCUT2D eigenvalue weighted by molar-refractivity contribution is 8.09. The normalized spacial score (nSPS) is 12.6. The first-order chi connectivity index (χ1) is 7.75. The van der Waals surface area contributed by atoms with Crippen molar-refractivity contribution in [3.05, 3.63) is 42.1 Å². The average molecular weight is 235 g/mol. The Morgan fingerprint density at radius 2 is 2.12 bits per heavy atom. The SMILES string of the molecule is C=S(C)OCc1cc(-c2ccccc2)on1. The van der Waals surface area contributed by atoms with Crippen molar-refractivity contribution >= 4 is 16.6 Å². The molecular formula is C12H13NO2S. The summed E-state index contributed by atoms with van der Waals surface area (Å²) in [5.41, 5.74) is 1.81. The zero-order valence-electron chi connectivity index (χ0n) is 9.05. The Morgan fingerprint density at radius 3 is 2.81 bits per heavy atom. The van der Waals surface area contributed by atoms with Crippen LogP contribution < -0.4 is 0 Å². The molecule has 0 amide bonds. The third-order valence-corrected chi connectivity index (χ3v) is 2.55. The predicted octanol–water partition coefficient (Wildman–Crippen LogP) is 3.10. The van der Waals surface area contributed by atoms with Crippen LogP contribution in [0.25, 0.3) is 11.3 Å². The van der Waals surface area contributed by atoms with Gasteiger partial charge in [-0.15, -0.1) is 0 Å². The Bertz CT molecular complexity index is 479. The highest BCUT2D eigenvalue weighted by Gasteiger charge is 2.05. The van der Waals surface area contributed by atoms with Crippen LogP contribution in [-0.2, 0) is 10.8 Å². The van der Waals surface area contributed by atoms with Gasteiger partial charge in [0.25, 0.3) is 0 Å². The van der Waals surface area contributed by atoms with Crippen molar-refractivity contribution in [3.63, 3.8) is 0 Å². The van der Waals surface area contributed by atoms with Crippen molar-refractivity contribution in [1.29, 1.82) is 0 Å². The molecule has 0 aliphatic carbocycles. The summed E-state index contributed by atoms with van der Waals surface area (Å²) in [5.74, 6) is 4.53. The Morgan fingerprint density at radius 1 is 1.38 bits per heavy atom. The van der Waals surface area contributed by atoms with E-state index >= 15 is 0 Å². The molecule has 1 aromatic heterocycles.